The van der Waals surface area contributed by atoms with Crippen LogP contribution in [0.2, 0.25) is 5.02 Å². The van der Waals surface area contributed by atoms with Gasteiger partial charge in [-0.25, -0.2) is 0 Å². The van der Waals surface area contributed by atoms with Gasteiger partial charge >= 0.3 is 0 Å². The maximum Gasteiger partial charge on any atom is 0.249 e. The molecule has 1 heterocycles. The minimum absolute atomic E-state index is 0.00400. The van der Waals surface area contributed by atoms with E-state index in [0.29, 0.717) is 22.8 Å². The second kappa shape index (κ2) is 7.57. The molecule has 0 amide bonds. The first-order valence-corrected chi connectivity index (χ1v) is 9.47. The van der Waals surface area contributed by atoms with Gasteiger partial charge in [0.2, 0.25) is 11.7 Å². The first kappa shape index (κ1) is 17.3. The molecule has 0 aliphatic heterocycles. The van der Waals surface area contributed by atoms with Gasteiger partial charge in [0, 0.05) is 23.7 Å². The number of nitrogens with zero attached hydrogens (tertiary/aromatic N) is 4. The molecule has 1 atom stereocenters. The Morgan fingerprint density at radius 3 is 2.92 bits per heavy atom. The van der Waals surface area contributed by atoms with Crippen LogP contribution in [-0.4, -0.2) is 39.1 Å². The first-order valence-electron chi connectivity index (χ1n) is 8.11. The molecule has 1 unspecified atom stereocenters. The van der Waals surface area contributed by atoms with Crippen LogP contribution in [0.1, 0.15) is 38.6 Å². The van der Waals surface area contributed by atoms with Gasteiger partial charge in [-0.2, -0.15) is 4.98 Å². The number of hydrogen-bond donors (Lipinski definition) is 0. The minimum Gasteiger partial charge on any atom is -0.337 e. The average molecular weight is 365 g/mol. The largest absolute Gasteiger partial charge is 0.337 e. The summed E-state index contributed by atoms with van der Waals surface area (Å²) in [5, 5.41) is 5.82. The van der Waals surface area contributed by atoms with Crippen molar-refractivity contribution in [3.05, 3.63) is 35.2 Å². The van der Waals surface area contributed by atoms with Crippen LogP contribution < -0.4 is 0 Å². The maximum atomic E-state index is 6.05. The van der Waals surface area contributed by atoms with Crippen LogP contribution in [0.25, 0.3) is 11.4 Å². The SMILES string of the molecule is CCSC(=NC)N(C1CC1)C(C)c1nc(-c2cccc(Cl)c2)no1. The highest BCUT2D eigenvalue weighted by Crippen LogP contribution is 2.36. The highest BCUT2D eigenvalue weighted by atomic mass is 35.5. The van der Waals surface area contributed by atoms with Gasteiger partial charge in [0.1, 0.15) is 6.04 Å². The summed E-state index contributed by atoms with van der Waals surface area (Å²) in [6, 6.07) is 7.99. The van der Waals surface area contributed by atoms with E-state index < -0.39 is 0 Å². The number of amidine groups is 1. The van der Waals surface area contributed by atoms with E-state index in [1.54, 1.807) is 11.8 Å². The highest BCUT2D eigenvalue weighted by molar-refractivity contribution is 8.13. The van der Waals surface area contributed by atoms with Crippen molar-refractivity contribution in [1.29, 1.82) is 0 Å². The van der Waals surface area contributed by atoms with E-state index in [9.17, 15) is 0 Å². The zero-order valence-electron chi connectivity index (χ0n) is 14.1. The van der Waals surface area contributed by atoms with Crippen LogP contribution in [0.4, 0.5) is 0 Å². The third kappa shape index (κ3) is 3.75. The number of hydrogen-bond acceptors (Lipinski definition) is 5. The van der Waals surface area contributed by atoms with Crippen LogP contribution in [0.3, 0.4) is 0 Å². The molecule has 128 valence electrons. The van der Waals surface area contributed by atoms with E-state index in [1.807, 2.05) is 31.3 Å². The standard InChI is InChI=1S/C17H21ClN4OS/c1-4-24-17(19-3)22(14-8-9-14)11(2)16-20-15(21-23-16)12-6-5-7-13(18)10-12/h5-7,10-11,14H,4,8-9H2,1-3H3. The number of halogens is 1. The van der Waals surface area contributed by atoms with Crippen LogP contribution in [-0.2, 0) is 0 Å². The molecule has 1 fully saturated rings. The van der Waals surface area contributed by atoms with Crippen LogP contribution in [0.15, 0.2) is 33.8 Å². The molecule has 7 heteroatoms. The van der Waals surface area contributed by atoms with Crippen molar-refractivity contribution in [3.8, 4) is 11.4 Å². The van der Waals surface area contributed by atoms with E-state index >= 15 is 0 Å². The van der Waals surface area contributed by atoms with Gasteiger partial charge in [-0.3, -0.25) is 4.99 Å². The Labute approximate surface area is 151 Å². The topological polar surface area (TPSA) is 54.5 Å². The molecule has 1 aliphatic carbocycles. The van der Waals surface area contributed by atoms with E-state index in [-0.39, 0.29) is 6.04 Å². The number of aromatic nitrogens is 2. The summed E-state index contributed by atoms with van der Waals surface area (Å²) >= 11 is 7.80. The summed E-state index contributed by atoms with van der Waals surface area (Å²) in [5.74, 6) is 2.16. The van der Waals surface area contributed by atoms with E-state index in [2.05, 4.69) is 33.9 Å². The molecule has 1 saturated carbocycles. The van der Waals surface area contributed by atoms with Crippen molar-refractivity contribution in [1.82, 2.24) is 15.0 Å². The Morgan fingerprint density at radius 2 is 2.29 bits per heavy atom. The fourth-order valence-electron chi connectivity index (χ4n) is 2.64. The molecule has 1 aromatic heterocycles. The first-order chi connectivity index (χ1) is 11.6. The Bertz CT molecular complexity index is 729. The molecule has 0 N–H and O–H groups in total. The molecule has 0 bridgehead atoms. The molecule has 3 rings (SSSR count). The molecule has 24 heavy (non-hydrogen) atoms. The lowest BCUT2D eigenvalue weighted by molar-refractivity contribution is 0.254. The summed E-state index contributed by atoms with van der Waals surface area (Å²) in [7, 11) is 1.84. The third-order valence-corrected chi connectivity index (χ3v) is 5.10. The van der Waals surface area contributed by atoms with Crippen molar-refractivity contribution in [2.24, 2.45) is 4.99 Å². The third-order valence-electron chi connectivity index (χ3n) is 3.93. The smallest absolute Gasteiger partial charge is 0.249 e. The zero-order chi connectivity index (χ0) is 17.1. The Balaban J connectivity index is 1.85. The molecule has 2 aromatic rings. The Hall–Kier alpha value is -1.53. The Morgan fingerprint density at radius 1 is 1.50 bits per heavy atom. The van der Waals surface area contributed by atoms with Crippen molar-refractivity contribution in [2.45, 2.75) is 38.8 Å². The summed E-state index contributed by atoms with van der Waals surface area (Å²) in [5.41, 5.74) is 0.856. The molecular formula is C17H21ClN4OS. The minimum atomic E-state index is -0.00400. The number of rotatable bonds is 5. The van der Waals surface area contributed by atoms with Crippen LogP contribution in [0, 0.1) is 0 Å². The van der Waals surface area contributed by atoms with Gasteiger partial charge in [0.05, 0.1) is 0 Å². The second-order valence-corrected chi connectivity index (χ2v) is 7.39. The van der Waals surface area contributed by atoms with Gasteiger partial charge in [-0.1, -0.05) is 47.6 Å². The average Bonchev–Trinajstić information content (AvgIpc) is 3.28. The number of aliphatic imine (C=N–C) groups is 1. The molecular weight excluding hydrogens is 344 g/mol. The lowest BCUT2D eigenvalue weighted by Gasteiger charge is -2.29. The second-order valence-electron chi connectivity index (χ2n) is 5.72. The maximum absolute atomic E-state index is 6.05. The number of thioether (sulfide) groups is 1. The van der Waals surface area contributed by atoms with Crippen molar-refractivity contribution in [3.63, 3.8) is 0 Å². The van der Waals surface area contributed by atoms with Crippen molar-refractivity contribution < 1.29 is 4.52 Å². The highest BCUT2D eigenvalue weighted by Gasteiger charge is 2.37. The quantitative estimate of drug-likeness (QED) is 0.570. The zero-order valence-corrected chi connectivity index (χ0v) is 15.6. The lowest BCUT2D eigenvalue weighted by atomic mass is 10.2. The molecule has 0 spiro atoms. The number of benzene rings is 1. The lowest BCUT2D eigenvalue weighted by Crippen LogP contribution is -2.34. The fourth-order valence-corrected chi connectivity index (χ4v) is 3.68. The predicted octanol–water partition coefficient (Wildman–Crippen LogP) is 4.65. The van der Waals surface area contributed by atoms with Crippen LogP contribution in [0.5, 0.6) is 0 Å². The Kier molecular flexibility index (Phi) is 5.46. The molecule has 0 saturated heterocycles. The monoisotopic (exact) mass is 364 g/mol. The summed E-state index contributed by atoms with van der Waals surface area (Å²) in [4.78, 5) is 11.4. The molecule has 0 radical (unpaired) electrons. The van der Waals surface area contributed by atoms with E-state index in [1.165, 1.54) is 12.8 Å². The predicted molar refractivity (Wildman–Crippen MR) is 99.5 cm³/mol. The fraction of sp³-hybridized carbons (Fsp3) is 0.471. The van der Waals surface area contributed by atoms with Crippen molar-refractivity contribution in [2.75, 3.05) is 12.8 Å². The summed E-state index contributed by atoms with van der Waals surface area (Å²) in [6.45, 7) is 4.23. The van der Waals surface area contributed by atoms with Crippen molar-refractivity contribution >= 4 is 28.5 Å². The van der Waals surface area contributed by atoms with Gasteiger partial charge in [0.25, 0.3) is 0 Å². The molecule has 5 nitrogen and oxygen atoms in total. The normalized spacial score (nSPS) is 16.2. The molecule has 1 aliphatic rings. The van der Waals surface area contributed by atoms with Gasteiger partial charge < -0.3 is 9.42 Å². The van der Waals surface area contributed by atoms with Crippen LogP contribution >= 0.6 is 23.4 Å². The van der Waals surface area contributed by atoms with E-state index in [4.69, 9.17) is 16.1 Å². The van der Waals surface area contributed by atoms with Gasteiger partial charge in [0.15, 0.2) is 5.17 Å². The summed E-state index contributed by atoms with van der Waals surface area (Å²) in [6.07, 6.45) is 2.37. The van der Waals surface area contributed by atoms with Gasteiger partial charge in [-0.15, -0.1) is 0 Å². The summed E-state index contributed by atoms with van der Waals surface area (Å²) < 4.78 is 5.54. The molecule has 1 aromatic carbocycles. The van der Waals surface area contributed by atoms with Gasteiger partial charge in [-0.05, 0) is 37.7 Å². The van der Waals surface area contributed by atoms with E-state index in [0.717, 1.165) is 16.5 Å².